The van der Waals surface area contributed by atoms with E-state index in [0.717, 1.165) is 28.4 Å². The van der Waals surface area contributed by atoms with Crippen molar-refractivity contribution in [2.45, 2.75) is 43.5 Å². The van der Waals surface area contributed by atoms with Crippen LogP contribution in [0.4, 0.5) is 5.69 Å². The number of aromatic nitrogens is 2. The molecule has 2 aromatic rings. The summed E-state index contributed by atoms with van der Waals surface area (Å²) in [4.78, 5) is 26.0. The molecular weight excluding hydrogens is 324 g/mol. The first kappa shape index (κ1) is 16.6. The number of anilines is 1. The van der Waals surface area contributed by atoms with Gasteiger partial charge in [-0.25, -0.2) is 0 Å². The van der Waals surface area contributed by atoms with Crippen molar-refractivity contribution >= 4 is 29.3 Å². The number of nitrogens with one attached hydrogen (secondary N) is 2. The van der Waals surface area contributed by atoms with Crippen molar-refractivity contribution in [2.24, 2.45) is 0 Å². The smallest absolute Gasteiger partial charge is 0.250 e. The Bertz CT molecular complexity index is 802. The maximum absolute atomic E-state index is 12.7. The molecule has 0 saturated carbocycles. The van der Waals surface area contributed by atoms with Gasteiger partial charge >= 0.3 is 0 Å². The third-order valence-electron chi connectivity index (χ3n) is 4.26. The lowest BCUT2D eigenvalue weighted by Crippen LogP contribution is -2.51. The quantitative estimate of drug-likeness (QED) is 0.835. The molecule has 1 aliphatic rings. The van der Waals surface area contributed by atoms with E-state index in [1.54, 1.807) is 13.1 Å². The van der Waals surface area contributed by atoms with E-state index in [9.17, 15) is 9.59 Å². The van der Waals surface area contributed by atoms with Crippen LogP contribution >= 0.6 is 11.8 Å². The molecule has 0 spiro atoms. The minimum absolute atomic E-state index is 0.301. The molecule has 0 fully saturated rings. The number of carbonyl (C=O) groups excluding carboxylic acids is 2. The van der Waals surface area contributed by atoms with Gasteiger partial charge in [0.25, 0.3) is 0 Å². The normalized spacial score (nSPS) is 19.5. The fraction of sp³-hybridized carbons (Fsp3) is 0.353. The maximum atomic E-state index is 12.7. The van der Waals surface area contributed by atoms with Crippen LogP contribution in [-0.2, 0) is 22.7 Å². The van der Waals surface area contributed by atoms with E-state index in [1.165, 1.54) is 11.8 Å². The van der Waals surface area contributed by atoms with Crippen molar-refractivity contribution in [2.75, 3.05) is 5.32 Å². The highest BCUT2D eigenvalue weighted by atomic mass is 32.2. The predicted molar refractivity (Wildman–Crippen MR) is 93.8 cm³/mol. The van der Waals surface area contributed by atoms with Gasteiger partial charge in [-0.3, -0.25) is 14.3 Å². The molecule has 1 aromatic carbocycles. The summed E-state index contributed by atoms with van der Waals surface area (Å²) in [6.45, 7) is 6.78. The molecule has 0 saturated heterocycles. The second kappa shape index (κ2) is 6.32. The molecule has 1 atom stereocenters. The molecule has 126 valence electrons. The van der Waals surface area contributed by atoms with Crippen molar-refractivity contribution in [3.8, 4) is 0 Å². The topological polar surface area (TPSA) is 76.0 Å². The summed E-state index contributed by atoms with van der Waals surface area (Å²) >= 11 is 1.28. The lowest BCUT2D eigenvalue weighted by molar-refractivity contribution is -0.130. The van der Waals surface area contributed by atoms with E-state index in [4.69, 9.17) is 0 Å². The van der Waals surface area contributed by atoms with Crippen LogP contribution in [0.25, 0.3) is 0 Å². The molecule has 24 heavy (non-hydrogen) atoms. The van der Waals surface area contributed by atoms with Gasteiger partial charge in [-0.1, -0.05) is 23.9 Å². The van der Waals surface area contributed by atoms with Gasteiger partial charge in [0, 0.05) is 29.2 Å². The fourth-order valence-electron chi connectivity index (χ4n) is 2.64. The molecule has 6 nitrogen and oxygen atoms in total. The Labute approximate surface area is 145 Å². The number of benzene rings is 1. The first-order valence-electron chi connectivity index (χ1n) is 7.84. The van der Waals surface area contributed by atoms with Crippen LogP contribution < -0.4 is 10.6 Å². The number of amides is 2. The Morgan fingerprint density at radius 2 is 2.17 bits per heavy atom. The molecular formula is C17H20N4O2S. The van der Waals surface area contributed by atoms with Crippen molar-refractivity contribution in [3.05, 3.63) is 41.7 Å². The van der Waals surface area contributed by atoms with Gasteiger partial charge in [-0.05, 0) is 32.9 Å². The molecule has 1 aromatic heterocycles. The van der Waals surface area contributed by atoms with Crippen molar-refractivity contribution in [1.82, 2.24) is 15.1 Å². The molecule has 0 radical (unpaired) electrons. The van der Waals surface area contributed by atoms with Crippen LogP contribution in [0.3, 0.4) is 0 Å². The number of para-hydroxylation sites is 1. The van der Waals surface area contributed by atoms with Crippen molar-refractivity contribution < 1.29 is 9.59 Å². The maximum Gasteiger partial charge on any atom is 0.250 e. The predicted octanol–water partition coefficient (Wildman–Crippen LogP) is 2.33. The Morgan fingerprint density at radius 3 is 2.88 bits per heavy atom. The van der Waals surface area contributed by atoms with E-state index in [0.29, 0.717) is 6.54 Å². The van der Waals surface area contributed by atoms with Gasteiger partial charge in [0.1, 0.15) is 0 Å². The highest BCUT2D eigenvalue weighted by Gasteiger charge is 2.45. The Balaban J connectivity index is 1.74. The summed E-state index contributed by atoms with van der Waals surface area (Å²) < 4.78 is 0.685. The summed E-state index contributed by atoms with van der Waals surface area (Å²) in [5, 5.41) is 9.96. The second-order valence-electron chi connectivity index (χ2n) is 5.84. The van der Waals surface area contributed by atoms with Gasteiger partial charge in [-0.15, -0.1) is 0 Å². The molecule has 0 unspecified atom stereocenters. The van der Waals surface area contributed by atoms with E-state index in [2.05, 4.69) is 15.7 Å². The highest BCUT2D eigenvalue weighted by Crippen LogP contribution is 2.42. The number of aryl methyl sites for hydroxylation is 1. The molecule has 0 aliphatic carbocycles. The van der Waals surface area contributed by atoms with Gasteiger partial charge in [0.2, 0.25) is 11.8 Å². The molecule has 3 rings (SSSR count). The Morgan fingerprint density at radius 1 is 1.42 bits per heavy atom. The minimum atomic E-state index is -1.19. The van der Waals surface area contributed by atoms with Crippen molar-refractivity contribution in [1.29, 1.82) is 0 Å². The monoisotopic (exact) mass is 344 g/mol. The third kappa shape index (κ3) is 2.80. The molecule has 0 bridgehead atoms. The summed E-state index contributed by atoms with van der Waals surface area (Å²) in [6.07, 6.45) is 1.75. The summed E-state index contributed by atoms with van der Waals surface area (Å²) in [6, 6.07) is 7.49. The van der Waals surface area contributed by atoms with Crippen LogP contribution in [0.1, 0.15) is 25.1 Å². The number of carbonyl (C=O) groups is 2. The van der Waals surface area contributed by atoms with Crippen LogP contribution in [-0.4, -0.2) is 26.3 Å². The zero-order valence-electron chi connectivity index (χ0n) is 13.9. The van der Waals surface area contributed by atoms with Crippen LogP contribution in [0.2, 0.25) is 0 Å². The van der Waals surface area contributed by atoms with Crippen LogP contribution in [0, 0.1) is 6.92 Å². The molecule has 2 N–H and O–H groups in total. The largest absolute Gasteiger partial charge is 0.350 e. The second-order valence-corrected chi connectivity index (χ2v) is 7.30. The molecule has 2 amide bonds. The molecule has 7 heteroatoms. The van der Waals surface area contributed by atoms with E-state index >= 15 is 0 Å². The summed E-state index contributed by atoms with van der Waals surface area (Å²) in [5.41, 5.74) is 2.72. The third-order valence-corrected chi connectivity index (χ3v) is 5.61. The SMILES string of the molecule is CCn1ncc(CNC(=O)[C@]2(C)Sc3ccccc3NC2=O)c1C. The van der Waals surface area contributed by atoms with Gasteiger partial charge in [0.05, 0.1) is 11.9 Å². The number of rotatable bonds is 4. The average molecular weight is 344 g/mol. The van der Waals surface area contributed by atoms with E-state index in [1.807, 2.05) is 42.8 Å². The summed E-state index contributed by atoms with van der Waals surface area (Å²) in [7, 11) is 0. The van der Waals surface area contributed by atoms with Crippen LogP contribution in [0.15, 0.2) is 35.4 Å². The zero-order chi connectivity index (χ0) is 17.3. The van der Waals surface area contributed by atoms with Gasteiger partial charge in [-0.2, -0.15) is 5.10 Å². The first-order chi connectivity index (χ1) is 11.5. The average Bonchev–Trinajstić information content (AvgIpc) is 2.93. The van der Waals surface area contributed by atoms with Gasteiger partial charge in [0.15, 0.2) is 4.75 Å². The Kier molecular flexibility index (Phi) is 4.36. The molecule has 1 aliphatic heterocycles. The first-order valence-corrected chi connectivity index (χ1v) is 8.66. The standard InChI is InChI=1S/C17H20N4O2S/c1-4-21-11(2)12(10-19-21)9-18-15(22)17(3)16(23)20-13-7-5-6-8-14(13)24-17/h5-8,10H,4,9H2,1-3H3,(H,18,22)(H,20,23)/t17-/m0/s1. The molecule has 2 heterocycles. The van der Waals surface area contributed by atoms with E-state index < -0.39 is 4.75 Å². The number of fused-ring (bicyclic) bond motifs is 1. The summed E-state index contributed by atoms with van der Waals surface area (Å²) in [5.74, 6) is -0.604. The lowest BCUT2D eigenvalue weighted by atomic mass is 10.1. The van der Waals surface area contributed by atoms with Crippen LogP contribution in [0.5, 0.6) is 0 Å². The number of nitrogens with zero attached hydrogens (tertiary/aromatic N) is 2. The zero-order valence-corrected chi connectivity index (χ0v) is 14.7. The Hall–Kier alpha value is -2.28. The number of thioether (sulfide) groups is 1. The van der Waals surface area contributed by atoms with Gasteiger partial charge < -0.3 is 10.6 Å². The lowest BCUT2D eigenvalue weighted by Gasteiger charge is -2.31. The minimum Gasteiger partial charge on any atom is -0.350 e. The van der Waals surface area contributed by atoms with E-state index in [-0.39, 0.29) is 11.8 Å². The fourth-order valence-corrected chi connectivity index (χ4v) is 3.76. The van der Waals surface area contributed by atoms with Crippen molar-refractivity contribution in [3.63, 3.8) is 0 Å². The number of hydrogen-bond donors (Lipinski definition) is 2. The highest BCUT2D eigenvalue weighted by molar-refractivity contribution is 8.02. The number of hydrogen-bond acceptors (Lipinski definition) is 4.